The normalized spacial score (nSPS) is 20.4. The van der Waals surface area contributed by atoms with Crippen molar-refractivity contribution in [2.75, 3.05) is 30.9 Å². The largest absolute Gasteiger partial charge is 0.353 e. The molecule has 0 atom stereocenters. The molecule has 1 heterocycles. The van der Waals surface area contributed by atoms with E-state index in [0.717, 1.165) is 24.0 Å². The van der Waals surface area contributed by atoms with E-state index in [1.165, 1.54) is 0 Å². The van der Waals surface area contributed by atoms with E-state index in [9.17, 15) is 18.0 Å². The Morgan fingerprint density at radius 3 is 2.42 bits per heavy atom. The smallest absolute Gasteiger partial charge is 0.253 e. The molecule has 2 aromatic rings. The maximum atomic E-state index is 13.1. The first-order valence-electron chi connectivity index (χ1n) is 11.4. The summed E-state index contributed by atoms with van der Waals surface area (Å²) in [5.41, 5.74) is 2.46. The van der Waals surface area contributed by atoms with Gasteiger partial charge in [-0.2, -0.15) is 0 Å². The Balaban J connectivity index is 1.27. The summed E-state index contributed by atoms with van der Waals surface area (Å²) < 4.78 is 27.1. The second-order valence-corrected chi connectivity index (χ2v) is 11.0. The number of carbonyl (C=O) groups excluding carboxylic acids is 2. The van der Waals surface area contributed by atoms with Crippen molar-refractivity contribution >= 4 is 27.5 Å². The maximum absolute atomic E-state index is 13.1. The highest BCUT2D eigenvalue weighted by molar-refractivity contribution is 7.93. The zero-order valence-electron chi connectivity index (χ0n) is 18.3. The van der Waals surface area contributed by atoms with Gasteiger partial charge >= 0.3 is 0 Å². The van der Waals surface area contributed by atoms with Gasteiger partial charge in [0.15, 0.2) is 0 Å². The molecule has 9 heteroatoms. The van der Waals surface area contributed by atoms with E-state index in [-0.39, 0.29) is 17.1 Å². The third-order valence-corrected chi connectivity index (χ3v) is 8.40. The lowest BCUT2D eigenvalue weighted by Crippen LogP contribution is -2.46. The molecule has 2 aromatic carbocycles. The van der Waals surface area contributed by atoms with E-state index >= 15 is 0 Å². The van der Waals surface area contributed by atoms with Gasteiger partial charge in [-0.25, -0.2) is 8.42 Å². The summed E-state index contributed by atoms with van der Waals surface area (Å²) >= 11 is 0. The summed E-state index contributed by atoms with van der Waals surface area (Å²) in [5, 5.41) is 5.96. The molecule has 5 rings (SSSR count). The van der Waals surface area contributed by atoms with Crippen LogP contribution in [0.25, 0.3) is 11.1 Å². The van der Waals surface area contributed by atoms with E-state index in [4.69, 9.17) is 0 Å². The van der Waals surface area contributed by atoms with Crippen LogP contribution in [0.15, 0.2) is 48.5 Å². The molecule has 3 fully saturated rings. The number of carbonyl (C=O) groups is 2. The van der Waals surface area contributed by atoms with Crippen LogP contribution in [0.4, 0.5) is 5.69 Å². The molecule has 0 unspecified atom stereocenters. The SMILES string of the molecule is O=C(c1ccc(-c2cccc(NS(=O)(=O)C3CC3)c2)cc1)N1CCNC(=O)C2(CC2)NCC1. The first-order chi connectivity index (χ1) is 15.9. The van der Waals surface area contributed by atoms with Crippen LogP contribution in [0.3, 0.4) is 0 Å². The highest BCUT2D eigenvalue weighted by Gasteiger charge is 2.49. The highest BCUT2D eigenvalue weighted by Crippen LogP contribution is 2.35. The quantitative estimate of drug-likeness (QED) is 0.622. The Kier molecular flexibility index (Phi) is 5.62. The first kappa shape index (κ1) is 21.9. The average Bonchev–Trinajstić information content (AvgIpc) is 3.71. The lowest BCUT2D eigenvalue weighted by Gasteiger charge is -2.22. The standard InChI is InChI=1S/C24H28N4O4S/c29-22(28-14-12-25-23(30)24(10-11-24)26-13-15-28)18-6-4-17(5-7-18)19-2-1-3-20(16-19)27-33(31,32)21-8-9-21/h1-7,16,21,26-27H,8-15H2,(H,25,30). The average molecular weight is 469 g/mol. The van der Waals surface area contributed by atoms with Crippen molar-refractivity contribution in [3.8, 4) is 11.1 Å². The Labute approximate surface area is 193 Å². The molecular formula is C24H28N4O4S. The number of hydrogen-bond acceptors (Lipinski definition) is 5. The van der Waals surface area contributed by atoms with Crippen LogP contribution < -0.4 is 15.4 Å². The minimum atomic E-state index is -3.32. The number of sulfonamides is 1. The summed E-state index contributed by atoms with van der Waals surface area (Å²) in [6.45, 7) is 2.03. The van der Waals surface area contributed by atoms with E-state index in [1.54, 1.807) is 29.2 Å². The highest BCUT2D eigenvalue weighted by atomic mass is 32.2. The molecule has 3 aliphatic rings. The Morgan fingerprint density at radius 1 is 1.00 bits per heavy atom. The summed E-state index contributed by atoms with van der Waals surface area (Å²) in [6, 6.07) is 14.6. The van der Waals surface area contributed by atoms with Crippen LogP contribution in [-0.2, 0) is 14.8 Å². The third kappa shape index (κ3) is 4.74. The van der Waals surface area contributed by atoms with Gasteiger partial charge in [0, 0.05) is 37.4 Å². The third-order valence-electron chi connectivity index (χ3n) is 6.54. The fourth-order valence-corrected chi connectivity index (χ4v) is 5.58. The molecule has 33 heavy (non-hydrogen) atoms. The molecule has 3 N–H and O–H groups in total. The van der Waals surface area contributed by atoms with Crippen molar-refractivity contribution in [2.24, 2.45) is 0 Å². The number of rotatable bonds is 5. The fraction of sp³-hybridized carbons (Fsp3) is 0.417. The number of benzene rings is 2. The summed E-state index contributed by atoms with van der Waals surface area (Å²) in [7, 11) is -3.32. The van der Waals surface area contributed by atoms with Crippen molar-refractivity contribution < 1.29 is 18.0 Å². The predicted molar refractivity (Wildman–Crippen MR) is 126 cm³/mol. The van der Waals surface area contributed by atoms with Crippen LogP contribution in [0.2, 0.25) is 0 Å². The van der Waals surface area contributed by atoms with Gasteiger partial charge in [0.25, 0.3) is 5.91 Å². The lowest BCUT2D eigenvalue weighted by atomic mass is 10.0. The molecular weight excluding hydrogens is 440 g/mol. The molecule has 0 aromatic heterocycles. The van der Waals surface area contributed by atoms with E-state index in [2.05, 4.69) is 15.4 Å². The molecule has 2 saturated carbocycles. The molecule has 2 amide bonds. The zero-order chi connectivity index (χ0) is 23.1. The van der Waals surface area contributed by atoms with E-state index in [1.807, 2.05) is 24.3 Å². The molecule has 2 aliphatic carbocycles. The van der Waals surface area contributed by atoms with Crippen molar-refractivity contribution in [2.45, 2.75) is 36.5 Å². The van der Waals surface area contributed by atoms with Gasteiger partial charge in [-0.1, -0.05) is 24.3 Å². The van der Waals surface area contributed by atoms with Crippen LogP contribution in [0.5, 0.6) is 0 Å². The van der Waals surface area contributed by atoms with Crippen LogP contribution in [0, 0.1) is 0 Å². The van der Waals surface area contributed by atoms with Gasteiger partial charge in [-0.15, -0.1) is 0 Å². The van der Waals surface area contributed by atoms with Gasteiger partial charge in [0.2, 0.25) is 15.9 Å². The van der Waals surface area contributed by atoms with Crippen LogP contribution >= 0.6 is 0 Å². The first-order valence-corrected chi connectivity index (χ1v) is 13.0. The minimum absolute atomic E-state index is 0.0304. The van der Waals surface area contributed by atoms with Crippen LogP contribution in [0.1, 0.15) is 36.0 Å². The second-order valence-electron chi connectivity index (χ2n) is 9.06. The molecule has 174 valence electrons. The molecule has 0 bridgehead atoms. The summed E-state index contributed by atoms with van der Waals surface area (Å²) in [4.78, 5) is 27.1. The summed E-state index contributed by atoms with van der Waals surface area (Å²) in [5.74, 6) is -0.0434. The van der Waals surface area contributed by atoms with Crippen molar-refractivity contribution in [1.29, 1.82) is 0 Å². The van der Waals surface area contributed by atoms with Gasteiger partial charge in [0.1, 0.15) is 0 Å². The number of hydrogen-bond donors (Lipinski definition) is 3. The van der Waals surface area contributed by atoms with Gasteiger partial charge in [-0.05, 0) is 61.1 Å². The number of amides is 2. The van der Waals surface area contributed by atoms with E-state index < -0.39 is 15.6 Å². The van der Waals surface area contributed by atoms with Crippen molar-refractivity contribution in [1.82, 2.24) is 15.5 Å². The zero-order valence-corrected chi connectivity index (χ0v) is 19.2. The molecule has 1 saturated heterocycles. The predicted octanol–water partition coefficient (Wildman–Crippen LogP) is 1.95. The Hall–Kier alpha value is -2.91. The Bertz CT molecular complexity index is 1170. The minimum Gasteiger partial charge on any atom is -0.353 e. The molecule has 1 aliphatic heterocycles. The number of nitrogens with one attached hydrogen (secondary N) is 3. The molecule has 1 spiro atoms. The van der Waals surface area contributed by atoms with Gasteiger partial charge in [0.05, 0.1) is 10.8 Å². The van der Waals surface area contributed by atoms with Crippen molar-refractivity contribution in [3.05, 3.63) is 54.1 Å². The fourth-order valence-electron chi connectivity index (χ4n) is 4.20. The van der Waals surface area contributed by atoms with Gasteiger partial charge < -0.3 is 15.5 Å². The monoisotopic (exact) mass is 468 g/mol. The lowest BCUT2D eigenvalue weighted by molar-refractivity contribution is -0.124. The molecule has 0 radical (unpaired) electrons. The second kappa shape index (κ2) is 8.46. The Morgan fingerprint density at radius 2 is 1.73 bits per heavy atom. The molecule has 8 nitrogen and oxygen atoms in total. The number of anilines is 1. The van der Waals surface area contributed by atoms with Gasteiger partial charge in [-0.3, -0.25) is 14.3 Å². The van der Waals surface area contributed by atoms with Crippen molar-refractivity contribution in [3.63, 3.8) is 0 Å². The topological polar surface area (TPSA) is 108 Å². The van der Waals surface area contributed by atoms with Crippen LogP contribution in [-0.4, -0.2) is 62.1 Å². The van der Waals surface area contributed by atoms with E-state index in [0.29, 0.717) is 50.3 Å². The summed E-state index contributed by atoms with van der Waals surface area (Å²) in [6.07, 6.45) is 3.12. The maximum Gasteiger partial charge on any atom is 0.253 e. The number of nitrogens with zero attached hydrogens (tertiary/aromatic N) is 1.